The van der Waals surface area contributed by atoms with Crippen LogP contribution < -0.4 is 0 Å². The van der Waals surface area contributed by atoms with Gasteiger partial charge in [-0.25, -0.2) is 8.42 Å². The van der Waals surface area contributed by atoms with Crippen molar-refractivity contribution in [2.24, 2.45) is 0 Å². The second kappa shape index (κ2) is 4.37. The van der Waals surface area contributed by atoms with Crippen molar-refractivity contribution in [3.63, 3.8) is 0 Å². The van der Waals surface area contributed by atoms with Crippen LogP contribution >= 0.6 is 0 Å². The molecule has 0 aliphatic heterocycles. The lowest BCUT2D eigenvalue weighted by Gasteiger charge is -2.05. The molecule has 0 unspecified atom stereocenters. The van der Waals surface area contributed by atoms with Crippen LogP contribution in [0, 0.1) is 6.92 Å². The highest BCUT2D eigenvalue weighted by Gasteiger charge is 2.18. The van der Waals surface area contributed by atoms with Gasteiger partial charge in [0.2, 0.25) is 0 Å². The maximum Gasteiger partial charge on any atom is 0.180 e. The topological polar surface area (TPSA) is 49.9 Å². The minimum Gasteiger partial charge on any atom is -0.360 e. The molecule has 1 aromatic heterocycles. The van der Waals surface area contributed by atoms with Gasteiger partial charge in [0.25, 0.3) is 0 Å². The van der Waals surface area contributed by atoms with Crippen LogP contribution in [0.1, 0.15) is 12.5 Å². The minimum absolute atomic E-state index is 0.115. The standard InChI is InChI=1S/C13H15NO2S/c1-3-17(15,16)12-7-8-14-13(12)11-6-4-5-10(2)9-11/h4-9,14H,3H2,1-2H3. The van der Waals surface area contributed by atoms with Crippen molar-refractivity contribution in [1.82, 2.24) is 4.98 Å². The number of hydrogen-bond donors (Lipinski definition) is 1. The van der Waals surface area contributed by atoms with Crippen LogP contribution in [0.15, 0.2) is 41.4 Å². The minimum atomic E-state index is -3.18. The van der Waals surface area contributed by atoms with E-state index in [0.29, 0.717) is 10.6 Å². The van der Waals surface area contributed by atoms with Crippen molar-refractivity contribution in [2.75, 3.05) is 5.75 Å². The molecule has 0 fully saturated rings. The van der Waals surface area contributed by atoms with E-state index in [1.54, 1.807) is 19.2 Å². The quantitative estimate of drug-likeness (QED) is 0.909. The number of aryl methyl sites for hydroxylation is 1. The van der Waals surface area contributed by atoms with Gasteiger partial charge < -0.3 is 4.98 Å². The Kier molecular flexibility index (Phi) is 3.07. The number of aromatic nitrogens is 1. The molecule has 2 aromatic rings. The molecule has 0 saturated heterocycles. The lowest BCUT2D eigenvalue weighted by molar-refractivity contribution is 0.597. The number of benzene rings is 1. The van der Waals surface area contributed by atoms with Crippen LogP contribution in [0.3, 0.4) is 0 Å². The lowest BCUT2D eigenvalue weighted by atomic mass is 10.1. The zero-order valence-corrected chi connectivity index (χ0v) is 10.7. The van der Waals surface area contributed by atoms with E-state index in [4.69, 9.17) is 0 Å². The van der Waals surface area contributed by atoms with E-state index in [2.05, 4.69) is 4.98 Å². The summed E-state index contributed by atoms with van der Waals surface area (Å²) in [6.45, 7) is 3.64. The molecule has 1 N–H and O–H groups in total. The van der Waals surface area contributed by atoms with Gasteiger partial charge in [0.15, 0.2) is 9.84 Å². The number of sulfone groups is 1. The molecule has 90 valence electrons. The first-order valence-electron chi connectivity index (χ1n) is 5.52. The van der Waals surface area contributed by atoms with Gasteiger partial charge in [-0.05, 0) is 24.6 Å². The first-order valence-corrected chi connectivity index (χ1v) is 7.17. The second-order valence-corrected chi connectivity index (χ2v) is 6.24. The Morgan fingerprint density at radius 2 is 2.00 bits per heavy atom. The van der Waals surface area contributed by atoms with Crippen LogP contribution in [0.4, 0.5) is 0 Å². The van der Waals surface area contributed by atoms with E-state index in [0.717, 1.165) is 11.1 Å². The smallest absolute Gasteiger partial charge is 0.180 e. The van der Waals surface area contributed by atoms with Gasteiger partial charge in [-0.1, -0.05) is 30.7 Å². The summed E-state index contributed by atoms with van der Waals surface area (Å²) in [4.78, 5) is 3.39. The summed E-state index contributed by atoms with van der Waals surface area (Å²) in [5.41, 5.74) is 2.69. The summed E-state index contributed by atoms with van der Waals surface area (Å²) in [6, 6.07) is 9.42. The maximum atomic E-state index is 11.9. The van der Waals surface area contributed by atoms with Crippen LogP contribution in [-0.4, -0.2) is 19.2 Å². The van der Waals surface area contributed by atoms with E-state index in [1.165, 1.54) is 0 Å². The van der Waals surface area contributed by atoms with Gasteiger partial charge in [-0.15, -0.1) is 0 Å². The fourth-order valence-electron chi connectivity index (χ4n) is 1.80. The lowest BCUT2D eigenvalue weighted by Crippen LogP contribution is -2.04. The third-order valence-corrected chi connectivity index (χ3v) is 4.50. The van der Waals surface area contributed by atoms with Crippen molar-refractivity contribution in [1.29, 1.82) is 0 Å². The Morgan fingerprint density at radius 3 is 2.65 bits per heavy atom. The van der Waals surface area contributed by atoms with E-state index in [9.17, 15) is 8.42 Å². The van der Waals surface area contributed by atoms with E-state index < -0.39 is 9.84 Å². The van der Waals surface area contributed by atoms with Crippen molar-refractivity contribution in [3.05, 3.63) is 42.1 Å². The Hall–Kier alpha value is -1.55. The van der Waals surface area contributed by atoms with Crippen molar-refractivity contribution >= 4 is 9.84 Å². The number of rotatable bonds is 3. The Labute approximate surface area is 101 Å². The Morgan fingerprint density at radius 1 is 1.24 bits per heavy atom. The molecule has 0 aliphatic rings. The highest BCUT2D eigenvalue weighted by atomic mass is 32.2. The molecule has 0 spiro atoms. The van der Waals surface area contributed by atoms with Gasteiger partial charge in [0.1, 0.15) is 0 Å². The van der Waals surface area contributed by atoms with Gasteiger partial charge in [0, 0.05) is 6.20 Å². The molecular weight excluding hydrogens is 234 g/mol. The molecule has 17 heavy (non-hydrogen) atoms. The predicted octanol–water partition coefficient (Wildman–Crippen LogP) is 2.78. The maximum absolute atomic E-state index is 11.9. The third-order valence-electron chi connectivity index (χ3n) is 2.73. The number of nitrogens with one attached hydrogen (secondary N) is 1. The molecule has 3 nitrogen and oxygen atoms in total. The zero-order chi connectivity index (χ0) is 12.5. The molecule has 4 heteroatoms. The van der Waals surface area contributed by atoms with E-state index in [-0.39, 0.29) is 5.75 Å². The molecule has 1 heterocycles. The average Bonchev–Trinajstić information content (AvgIpc) is 2.78. The predicted molar refractivity (Wildman–Crippen MR) is 68.7 cm³/mol. The fourth-order valence-corrected chi connectivity index (χ4v) is 2.87. The van der Waals surface area contributed by atoms with Crippen LogP contribution in [0.25, 0.3) is 11.3 Å². The summed E-state index contributed by atoms with van der Waals surface area (Å²) >= 11 is 0. The first kappa shape index (κ1) is 11.9. The van der Waals surface area contributed by atoms with E-state index >= 15 is 0 Å². The molecule has 0 amide bonds. The van der Waals surface area contributed by atoms with Crippen molar-refractivity contribution in [2.45, 2.75) is 18.7 Å². The summed E-state index contributed by atoms with van der Waals surface area (Å²) < 4.78 is 23.8. The van der Waals surface area contributed by atoms with Crippen molar-refractivity contribution < 1.29 is 8.42 Å². The van der Waals surface area contributed by atoms with Gasteiger partial charge in [-0.3, -0.25) is 0 Å². The molecule has 0 aliphatic carbocycles. The summed E-state index contributed by atoms with van der Waals surface area (Å²) in [5.74, 6) is 0.115. The van der Waals surface area contributed by atoms with Crippen LogP contribution in [0.5, 0.6) is 0 Å². The molecule has 0 atom stereocenters. The molecule has 2 rings (SSSR count). The largest absolute Gasteiger partial charge is 0.360 e. The number of H-pyrrole nitrogens is 1. The van der Waals surface area contributed by atoms with Gasteiger partial charge >= 0.3 is 0 Å². The summed E-state index contributed by atoms with van der Waals surface area (Å²) in [6.07, 6.45) is 1.67. The SMILES string of the molecule is CCS(=O)(=O)c1cc[nH]c1-c1cccc(C)c1. The number of hydrogen-bond acceptors (Lipinski definition) is 2. The molecular formula is C13H15NO2S. The van der Waals surface area contributed by atoms with Crippen molar-refractivity contribution in [3.8, 4) is 11.3 Å². The normalized spacial score (nSPS) is 11.6. The average molecular weight is 249 g/mol. The van der Waals surface area contributed by atoms with Gasteiger partial charge in [0.05, 0.1) is 16.3 Å². The molecule has 1 aromatic carbocycles. The Bertz CT molecular complexity index is 626. The molecule has 0 radical (unpaired) electrons. The fraction of sp³-hybridized carbons (Fsp3) is 0.231. The Balaban J connectivity index is 2.59. The number of aromatic amines is 1. The molecule has 0 saturated carbocycles. The van der Waals surface area contributed by atoms with E-state index in [1.807, 2.05) is 31.2 Å². The summed E-state index contributed by atoms with van der Waals surface area (Å²) in [5, 5.41) is 0. The monoisotopic (exact) mass is 249 g/mol. The summed E-state index contributed by atoms with van der Waals surface area (Å²) in [7, 11) is -3.18. The highest BCUT2D eigenvalue weighted by molar-refractivity contribution is 7.91. The second-order valence-electron chi connectivity index (χ2n) is 3.99. The first-order chi connectivity index (χ1) is 8.04. The zero-order valence-electron chi connectivity index (χ0n) is 9.90. The van der Waals surface area contributed by atoms with Crippen LogP contribution in [0.2, 0.25) is 0 Å². The highest BCUT2D eigenvalue weighted by Crippen LogP contribution is 2.27. The van der Waals surface area contributed by atoms with Crippen LogP contribution in [-0.2, 0) is 9.84 Å². The molecule has 0 bridgehead atoms. The van der Waals surface area contributed by atoms with Gasteiger partial charge in [-0.2, -0.15) is 0 Å². The third kappa shape index (κ3) is 2.26.